The number of rotatable bonds is 10. The Morgan fingerprint density at radius 3 is 2.24 bits per heavy atom. The molecule has 0 bridgehead atoms. The summed E-state index contributed by atoms with van der Waals surface area (Å²) >= 11 is 3.53. The van der Waals surface area contributed by atoms with Gasteiger partial charge >= 0.3 is 0 Å². The van der Waals surface area contributed by atoms with E-state index < -0.39 is 6.04 Å². The second-order valence-electron chi connectivity index (χ2n) is 8.84. The molecule has 2 atom stereocenters. The number of halogens is 1. The van der Waals surface area contributed by atoms with E-state index in [0.717, 1.165) is 33.1 Å². The summed E-state index contributed by atoms with van der Waals surface area (Å²) in [6.07, 6.45) is 1.53. The van der Waals surface area contributed by atoms with E-state index >= 15 is 0 Å². The van der Waals surface area contributed by atoms with Crippen molar-refractivity contribution in [3.8, 4) is 0 Å². The van der Waals surface area contributed by atoms with Crippen molar-refractivity contribution in [2.24, 2.45) is 0 Å². The van der Waals surface area contributed by atoms with Crippen molar-refractivity contribution in [3.63, 3.8) is 0 Å². The lowest BCUT2D eigenvalue weighted by Crippen LogP contribution is -2.52. The van der Waals surface area contributed by atoms with E-state index in [1.54, 1.807) is 4.90 Å². The van der Waals surface area contributed by atoms with Gasteiger partial charge in [0.1, 0.15) is 6.04 Å². The monoisotopic (exact) mass is 520 g/mol. The van der Waals surface area contributed by atoms with Gasteiger partial charge in [-0.2, -0.15) is 0 Å². The van der Waals surface area contributed by atoms with Crippen molar-refractivity contribution >= 4 is 27.7 Å². The molecule has 0 aliphatic rings. The predicted molar refractivity (Wildman–Crippen MR) is 141 cm³/mol. The first-order valence-corrected chi connectivity index (χ1v) is 12.6. The van der Waals surface area contributed by atoms with Crippen molar-refractivity contribution < 1.29 is 9.59 Å². The van der Waals surface area contributed by atoms with E-state index in [0.29, 0.717) is 13.0 Å². The molecule has 0 heterocycles. The van der Waals surface area contributed by atoms with Crippen LogP contribution in [0.15, 0.2) is 83.3 Å². The Bertz CT molecular complexity index is 1080. The summed E-state index contributed by atoms with van der Waals surface area (Å²) < 4.78 is 0.944. The van der Waals surface area contributed by atoms with Gasteiger partial charge in [0.15, 0.2) is 0 Å². The summed E-state index contributed by atoms with van der Waals surface area (Å²) in [5.41, 5.74) is 4.09. The standard InChI is InChI=1S/C29H33BrN2O2/c1-4-22(3)31-29(34)27(18-23-9-6-5-7-10-23)32(20-25-11-8-12-26(30)17-25)28(33)19-24-15-13-21(2)14-16-24/h5-17,22,27H,4,18-20H2,1-3H3,(H,31,34)/t22-,27-/m0/s1. The number of hydrogen-bond acceptors (Lipinski definition) is 2. The van der Waals surface area contributed by atoms with Gasteiger partial charge in [-0.1, -0.05) is 95.1 Å². The Kier molecular flexibility index (Phi) is 9.46. The second kappa shape index (κ2) is 12.5. The van der Waals surface area contributed by atoms with Gasteiger partial charge in [-0.3, -0.25) is 9.59 Å². The van der Waals surface area contributed by atoms with E-state index in [9.17, 15) is 9.59 Å². The number of carbonyl (C=O) groups excluding carboxylic acids is 2. The van der Waals surface area contributed by atoms with Crippen LogP contribution in [0.1, 0.15) is 42.5 Å². The van der Waals surface area contributed by atoms with Crippen molar-refractivity contribution in [1.29, 1.82) is 0 Å². The fourth-order valence-electron chi connectivity index (χ4n) is 3.81. The fourth-order valence-corrected chi connectivity index (χ4v) is 4.26. The van der Waals surface area contributed by atoms with Crippen LogP contribution in [-0.4, -0.2) is 28.8 Å². The highest BCUT2D eigenvalue weighted by atomic mass is 79.9. The highest BCUT2D eigenvalue weighted by molar-refractivity contribution is 9.10. The molecule has 0 unspecified atom stereocenters. The van der Waals surface area contributed by atoms with E-state index in [1.807, 2.05) is 99.6 Å². The first-order chi connectivity index (χ1) is 16.4. The van der Waals surface area contributed by atoms with Gasteiger partial charge in [0.25, 0.3) is 0 Å². The maximum atomic E-state index is 13.7. The number of nitrogens with zero attached hydrogens (tertiary/aromatic N) is 1. The number of amides is 2. The average molecular weight is 521 g/mol. The summed E-state index contributed by atoms with van der Waals surface area (Å²) in [7, 11) is 0. The minimum atomic E-state index is -0.617. The maximum Gasteiger partial charge on any atom is 0.243 e. The smallest absolute Gasteiger partial charge is 0.243 e. The van der Waals surface area contributed by atoms with Gasteiger partial charge in [-0.15, -0.1) is 0 Å². The minimum Gasteiger partial charge on any atom is -0.352 e. The number of aryl methyl sites for hydroxylation is 1. The lowest BCUT2D eigenvalue weighted by molar-refractivity contribution is -0.141. The van der Waals surface area contributed by atoms with Crippen molar-refractivity contribution in [3.05, 3.63) is 106 Å². The van der Waals surface area contributed by atoms with Gasteiger partial charge in [0.2, 0.25) is 11.8 Å². The molecule has 5 heteroatoms. The van der Waals surface area contributed by atoms with Crippen LogP contribution in [0, 0.1) is 6.92 Å². The summed E-state index contributed by atoms with van der Waals surface area (Å²) in [5, 5.41) is 3.11. The van der Waals surface area contributed by atoms with E-state index in [-0.39, 0.29) is 24.3 Å². The van der Waals surface area contributed by atoms with Crippen LogP contribution in [0.5, 0.6) is 0 Å². The third-order valence-corrected chi connectivity index (χ3v) is 6.48. The molecule has 3 aromatic carbocycles. The van der Waals surface area contributed by atoms with Crippen molar-refractivity contribution in [1.82, 2.24) is 10.2 Å². The Balaban J connectivity index is 1.96. The van der Waals surface area contributed by atoms with Crippen molar-refractivity contribution in [2.75, 3.05) is 0 Å². The summed E-state index contributed by atoms with van der Waals surface area (Å²) in [4.78, 5) is 29.0. The van der Waals surface area contributed by atoms with Crippen LogP contribution in [0.25, 0.3) is 0 Å². The molecule has 178 valence electrons. The van der Waals surface area contributed by atoms with Gasteiger partial charge in [-0.05, 0) is 49.1 Å². The topological polar surface area (TPSA) is 49.4 Å². The largest absolute Gasteiger partial charge is 0.352 e. The Labute approximate surface area is 211 Å². The highest BCUT2D eigenvalue weighted by Gasteiger charge is 2.31. The predicted octanol–water partition coefficient (Wildman–Crippen LogP) is 5.85. The van der Waals surface area contributed by atoms with Gasteiger partial charge < -0.3 is 10.2 Å². The number of benzene rings is 3. The maximum absolute atomic E-state index is 13.7. The van der Waals surface area contributed by atoms with Crippen LogP contribution in [0.4, 0.5) is 0 Å². The molecule has 0 aliphatic heterocycles. The quantitative estimate of drug-likeness (QED) is 0.364. The SMILES string of the molecule is CC[C@H](C)NC(=O)[C@H](Cc1ccccc1)N(Cc1cccc(Br)c1)C(=O)Cc1ccc(C)cc1. The summed E-state index contributed by atoms with van der Waals surface area (Å²) in [6, 6.07) is 25.2. The lowest BCUT2D eigenvalue weighted by Gasteiger charge is -2.32. The molecule has 0 aromatic heterocycles. The highest BCUT2D eigenvalue weighted by Crippen LogP contribution is 2.19. The molecular weight excluding hydrogens is 488 g/mol. The Hall–Kier alpha value is -2.92. The molecule has 2 amide bonds. The molecule has 3 rings (SSSR count). The molecule has 0 fully saturated rings. The molecule has 0 spiro atoms. The molecule has 0 aliphatic carbocycles. The zero-order valence-corrected chi connectivity index (χ0v) is 21.7. The van der Waals surface area contributed by atoms with Gasteiger partial charge in [0.05, 0.1) is 6.42 Å². The van der Waals surface area contributed by atoms with Gasteiger partial charge in [0, 0.05) is 23.5 Å². The molecule has 0 radical (unpaired) electrons. The lowest BCUT2D eigenvalue weighted by atomic mass is 10.0. The third-order valence-electron chi connectivity index (χ3n) is 5.99. The van der Waals surface area contributed by atoms with Crippen LogP contribution < -0.4 is 5.32 Å². The molecule has 1 N–H and O–H groups in total. The zero-order chi connectivity index (χ0) is 24.5. The first kappa shape index (κ1) is 25.7. The van der Waals surface area contributed by atoms with E-state index in [4.69, 9.17) is 0 Å². The number of nitrogens with one attached hydrogen (secondary N) is 1. The number of carbonyl (C=O) groups is 2. The summed E-state index contributed by atoms with van der Waals surface area (Å²) in [5.74, 6) is -0.186. The van der Waals surface area contributed by atoms with E-state index in [2.05, 4.69) is 21.2 Å². The normalized spacial score (nSPS) is 12.6. The summed E-state index contributed by atoms with van der Waals surface area (Å²) in [6.45, 7) is 6.42. The van der Waals surface area contributed by atoms with Crippen molar-refractivity contribution in [2.45, 2.75) is 58.7 Å². The molecule has 4 nitrogen and oxygen atoms in total. The van der Waals surface area contributed by atoms with Crippen LogP contribution in [-0.2, 0) is 29.0 Å². The second-order valence-corrected chi connectivity index (χ2v) is 9.75. The Morgan fingerprint density at radius 1 is 0.912 bits per heavy atom. The van der Waals surface area contributed by atoms with Gasteiger partial charge in [-0.25, -0.2) is 0 Å². The fraction of sp³-hybridized carbons (Fsp3) is 0.310. The molecule has 34 heavy (non-hydrogen) atoms. The molecule has 3 aromatic rings. The van der Waals surface area contributed by atoms with Crippen LogP contribution in [0.2, 0.25) is 0 Å². The number of hydrogen-bond donors (Lipinski definition) is 1. The zero-order valence-electron chi connectivity index (χ0n) is 20.1. The average Bonchev–Trinajstić information content (AvgIpc) is 2.83. The van der Waals surface area contributed by atoms with Crippen LogP contribution >= 0.6 is 15.9 Å². The van der Waals surface area contributed by atoms with Crippen LogP contribution in [0.3, 0.4) is 0 Å². The third kappa shape index (κ3) is 7.56. The molecule has 0 saturated heterocycles. The van der Waals surface area contributed by atoms with E-state index in [1.165, 1.54) is 0 Å². The Morgan fingerprint density at radius 2 is 1.59 bits per heavy atom. The minimum absolute atomic E-state index is 0.0330. The first-order valence-electron chi connectivity index (χ1n) is 11.8. The molecular formula is C29H33BrN2O2. The molecule has 0 saturated carbocycles.